The van der Waals surface area contributed by atoms with Gasteiger partial charge in [0.15, 0.2) is 0 Å². The van der Waals surface area contributed by atoms with Crippen LogP contribution in [0, 0.1) is 5.92 Å². The number of rotatable bonds is 1. The molecule has 1 saturated heterocycles. The Hall–Kier alpha value is -0.0800. The fourth-order valence-corrected chi connectivity index (χ4v) is 1.07. The zero-order valence-electron chi connectivity index (χ0n) is 5.65. The van der Waals surface area contributed by atoms with Gasteiger partial charge in [0.25, 0.3) is 0 Å². The van der Waals surface area contributed by atoms with Crippen molar-refractivity contribution in [1.29, 1.82) is 0 Å². The van der Waals surface area contributed by atoms with Gasteiger partial charge in [-0.3, -0.25) is 5.43 Å². The first kappa shape index (κ1) is 6.05. The summed E-state index contributed by atoms with van der Waals surface area (Å²) in [6.45, 7) is 4.63. The standard InChI is InChI=1S/C6H14N2/c1-3-6-4-7-8(2)5-6/h6-7H,3-5H2,1-2H3. The first-order valence-corrected chi connectivity index (χ1v) is 3.27. The van der Waals surface area contributed by atoms with Gasteiger partial charge in [-0.1, -0.05) is 13.3 Å². The summed E-state index contributed by atoms with van der Waals surface area (Å²) in [6.07, 6.45) is 1.30. The van der Waals surface area contributed by atoms with Crippen molar-refractivity contribution in [3.63, 3.8) is 0 Å². The fraction of sp³-hybridized carbons (Fsp3) is 1.00. The van der Waals surface area contributed by atoms with Gasteiger partial charge in [-0.15, -0.1) is 0 Å². The van der Waals surface area contributed by atoms with Gasteiger partial charge in [0, 0.05) is 20.1 Å². The molecule has 1 N–H and O–H groups in total. The smallest absolute Gasteiger partial charge is 0.0168 e. The lowest BCUT2D eigenvalue weighted by molar-refractivity contribution is 0.309. The normalized spacial score (nSPS) is 31.5. The van der Waals surface area contributed by atoms with Crippen molar-refractivity contribution in [2.24, 2.45) is 5.92 Å². The lowest BCUT2D eigenvalue weighted by Gasteiger charge is -2.05. The Morgan fingerprint density at radius 2 is 2.50 bits per heavy atom. The van der Waals surface area contributed by atoms with Crippen LogP contribution in [0.3, 0.4) is 0 Å². The van der Waals surface area contributed by atoms with Crippen molar-refractivity contribution in [1.82, 2.24) is 10.4 Å². The van der Waals surface area contributed by atoms with Crippen LogP contribution in [-0.2, 0) is 0 Å². The molecule has 1 atom stereocenters. The van der Waals surface area contributed by atoms with Crippen LogP contribution in [0.15, 0.2) is 0 Å². The molecule has 0 saturated carbocycles. The van der Waals surface area contributed by atoms with Crippen molar-refractivity contribution in [2.75, 3.05) is 20.1 Å². The van der Waals surface area contributed by atoms with Gasteiger partial charge in [0.2, 0.25) is 0 Å². The molecule has 0 amide bonds. The number of hydrogen-bond acceptors (Lipinski definition) is 2. The number of nitrogens with zero attached hydrogens (tertiary/aromatic N) is 1. The molecule has 1 aliphatic rings. The Morgan fingerprint density at radius 1 is 1.75 bits per heavy atom. The lowest BCUT2D eigenvalue weighted by atomic mass is 10.1. The average Bonchev–Trinajstić information content (AvgIpc) is 2.14. The van der Waals surface area contributed by atoms with Crippen molar-refractivity contribution < 1.29 is 0 Å². The average molecular weight is 114 g/mol. The topological polar surface area (TPSA) is 15.3 Å². The van der Waals surface area contributed by atoms with E-state index in [1.54, 1.807) is 0 Å². The summed E-state index contributed by atoms with van der Waals surface area (Å²) >= 11 is 0. The van der Waals surface area contributed by atoms with Crippen LogP contribution in [0.1, 0.15) is 13.3 Å². The quantitative estimate of drug-likeness (QED) is 0.533. The van der Waals surface area contributed by atoms with Crippen LogP contribution in [-0.4, -0.2) is 25.1 Å². The first-order chi connectivity index (χ1) is 3.83. The van der Waals surface area contributed by atoms with Gasteiger partial charge in [0.1, 0.15) is 0 Å². The van der Waals surface area contributed by atoms with Gasteiger partial charge in [-0.25, -0.2) is 5.01 Å². The van der Waals surface area contributed by atoms with Crippen molar-refractivity contribution >= 4 is 0 Å². The first-order valence-electron chi connectivity index (χ1n) is 3.27. The maximum absolute atomic E-state index is 3.25. The molecule has 0 aromatic rings. The maximum atomic E-state index is 3.25. The molecule has 0 radical (unpaired) electrons. The van der Waals surface area contributed by atoms with Crippen molar-refractivity contribution in [3.8, 4) is 0 Å². The van der Waals surface area contributed by atoms with Crippen LogP contribution >= 0.6 is 0 Å². The van der Waals surface area contributed by atoms with Gasteiger partial charge in [0.05, 0.1) is 0 Å². The predicted molar refractivity (Wildman–Crippen MR) is 34.4 cm³/mol. The molecule has 0 bridgehead atoms. The summed E-state index contributed by atoms with van der Waals surface area (Å²) in [4.78, 5) is 0. The molecule has 2 heteroatoms. The second kappa shape index (κ2) is 2.46. The van der Waals surface area contributed by atoms with Crippen LogP contribution in [0.5, 0.6) is 0 Å². The Bertz CT molecular complexity index is 72.9. The van der Waals surface area contributed by atoms with Crippen LogP contribution in [0.25, 0.3) is 0 Å². The fourth-order valence-electron chi connectivity index (χ4n) is 1.07. The molecule has 1 unspecified atom stereocenters. The minimum Gasteiger partial charge on any atom is -0.255 e. The third-order valence-corrected chi connectivity index (χ3v) is 1.76. The molecule has 0 aromatic heterocycles. The Balaban J connectivity index is 2.22. The van der Waals surface area contributed by atoms with Gasteiger partial charge in [-0.2, -0.15) is 0 Å². The largest absolute Gasteiger partial charge is 0.255 e. The third-order valence-electron chi connectivity index (χ3n) is 1.76. The van der Waals surface area contributed by atoms with Crippen molar-refractivity contribution in [2.45, 2.75) is 13.3 Å². The highest BCUT2D eigenvalue weighted by Gasteiger charge is 2.15. The Morgan fingerprint density at radius 3 is 2.75 bits per heavy atom. The zero-order chi connectivity index (χ0) is 5.98. The molecular formula is C6H14N2. The van der Waals surface area contributed by atoms with E-state index in [-0.39, 0.29) is 0 Å². The highest BCUT2D eigenvalue weighted by Crippen LogP contribution is 2.06. The van der Waals surface area contributed by atoms with E-state index in [0.717, 1.165) is 5.92 Å². The number of nitrogens with one attached hydrogen (secondary N) is 1. The molecule has 8 heavy (non-hydrogen) atoms. The molecule has 1 heterocycles. The van der Waals surface area contributed by atoms with E-state index in [1.165, 1.54) is 19.5 Å². The lowest BCUT2D eigenvalue weighted by Crippen LogP contribution is -2.25. The van der Waals surface area contributed by atoms with Crippen LogP contribution < -0.4 is 5.43 Å². The highest BCUT2D eigenvalue weighted by molar-refractivity contribution is 4.68. The van der Waals surface area contributed by atoms with E-state index in [0.29, 0.717) is 0 Å². The number of hydrogen-bond donors (Lipinski definition) is 1. The minimum absolute atomic E-state index is 0.889. The summed E-state index contributed by atoms with van der Waals surface area (Å²) in [5, 5.41) is 2.16. The SMILES string of the molecule is CCC1CNN(C)C1. The van der Waals surface area contributed by atoms with E-state index in [4.69, 9.17) is 0 Å². The predicted octanol–water partition coefficient (Wildman–Crippen LogP) is 0.463. The van der Waals surface area contributed by atoms with Crippen molar-refractivity contribution in [3.05, 3.63) is 0 Å². The second-order valence-corrected chi connectivity index (χ2v) is 2.52. The summed E-state index contributed by atoms with van der Waals surface area (Å²) in [7, 11) is 2.09. The molecule has 2 nitrogen and oxygen atoms in total. The van der Waals surface area contributed by atoms with E-state index >= 15 is 0 Å². The molecule has 1 fully saturated rings. The monoisotopic (exact) mass is 114 g/mol. The van der Waals surface area contributed by atoms with E-state index in [9.17, 15) is 0 Å². The maximum Gasteiger partial charge on any atom is 0.0168 e. The van der Waals surface area contributed by atoms with Gasteiger partial charge >= 0.3 is 0 Å². The zero-order valence-corrected chi connectivity index (χ0v) is 5.65. The molecule has 0 aromatic carbocycles. The van der Waals surface area contributed by atoms with Crippen LogP contribution in [0.2, 0.25) is 0 Å². The van der Waals surface area contributed by atoms with E-state index in [2.05, 4.69) is 24.4 Å². The summed E-state index contributed by atoms with van der Waals surface area (Å²) in [5.41, 5.74) is 3.25. The van der Waals surface area contributed by atoms with E-state index in [1.807, 2.05) is 0 Å². The number of hydrazine groups is 1. The molecule has 48 valence electrons. The molecule has 1 rings (SSSR count). The minimum atomic E-state index is 0.889. The summed E-state index contributed by atoms with van der Waals surface area (Å²) < 4.78 is 0. The summed E-state index contributed by atoms with van der Waals surface area (Å²) in [6, 6.07) is 0. The Kier molecular flexibility index (Phi) is 1.86. The highest BCUT2D eigenvalue weighted by atomic mass is 15.5. The molecular weight excluding hydrogens is 100 g/mol. The van der Waals surface area contributed by atoms with Gasteiger partial charge < -0.3 is 0 Å². The third kappa shape index (κ3) is 1.20. The van der Waals surface area contributed by atoms with Gasteiger partial charge in [-0.05, 0) is 5.92 Å². The second-order valence-electron chi connectivity index (χ2n) is 2.52. The molecule has 1 aliphatic heterocycles. The summed E-state index contributed by atoms with van der Waals surface area (Å²) in [5.74, 6) is 0.889. The van der Waals surface area contributed by atoms with Crippen LogP contribution in [0.4, 0.5) is 0 Å². The molecule has 0 spiro atoms. The van der Waals surface area contributed by atoms with E-state index < -0.39 is 0 Å². The Labute approximate surface area is 50.8 Å². The molecule has 0 aliphatic carbocycles.